The van der Waals surface area contributed by atoms with Gasteiger partial charge in [-0.1, -0.05) is 92.7 Å². The van der Waals surface area contributed by atoms with Crippen molar-refractivity contribution >= 4 is 22.6 Å². The molecule has 0 spiro atoms. The highest BCUT2D eigenvalue weighted by atomic mass is 16.5. The average molecular weight is 739 g/mol. The first-order valence-electron chi connectivity index (χ1n) is 19.3. The van der Waals surface area contributed by atoms with Crippen LogP contribution < -0.4 is 10.6 Å². The highest BCUT2D eigenvalue weighted by Crippen LogP contribution is 2.35. The van der Waals surface area contributed by atoms with Gasteiger partial charge in [-0.15, -0.1) is 0 Å². The van der Waals surface area contributed by atoms with Crippen LogP contribution in [0.3, 0.4) is 0 Å². The fourth-order valence-corrected chi connectivity index (χ4v) is 7.47. The molecule has 2 atom stereocenters. The first-order chi connectivity index (χ1) is 26.9. The van der Waals surface area contributed by atoms with Crippen molar-refractivity contribution in [2.45, 2.75) is 51.7 Å². The molecule has 0 radical (unpaired) electrons. The summed E-state index contributed by atoms with van der Waals surface area (Å²) in [6.45, 7) is 7.15. The lowest BCUT2D eigenvalue weighted by atomic mass is 9.98. The fraction of sp³-hybridized carbons (Fsp3) is 0.318. The number of carbonyl (C=O) groups is 2. The Balaban J connectivity index is 1.01. The molecule has 2 aromatic heterocycles. The van der Waals surface area contributed by atoms with Gasteiger partial charge in [0.2, 0.25) is 11.8 Å². The van der Waals surface area contributed by atoms with Crippen LogP contribution in [0.2, 0.25) is 0 Å². The number of nitrogens with zero attached hydrogens (tertiary/aromatic N) is 4. The summed E-state index contributed by atoms with van der Waals surface area (Å²) < 4.78 is 5.01. The highest BCUT2D eigenvalue weighted by Gasteiger charge is 2.36. The van der Waals surface area contributed by atoms with Crippen LogP contribution in [0.15, 0.2) is 103 Å². The number of aromatic amines is 2. The molecular formula is C44H50N8O3. The number of amides is 2. The predicted molar refractivity (Wildman–Crippen MR) is 217 cm³/mol. The molecular weight excluding hydrogens is 689 g/mol. The van der Waals surface area contributed by atoms with E-state index in [1.54, 1.807) is 7.11 Å². The zero-order valence-corrected chi connectivity index (χ0v) is 31.8. The molecule has 11 heteroatoms. The minimum Gasteiger partial charge on any atom is -0.370 e. The van der Waals surface area contributed by atoms with E-state index < -0.39 is 0 Å². The van der Waals surface area contributed by atoms with Gasteiger partial charge >= 0.3 is 0 Å². The maximum atomic E-state index is 13.8. The Labute approximate surface area is 322 Å². The first-order valence-corrected chi connectivity index (χ1v) is 19.3. The van der Waals surface area contributed by atoms with E-state index in [9.17, 15) is 9.59 Å². The average Bonchev–Trinajstić information content (AvgIpc) is 4.02. The van der Waals surface area contributed by atoms with Crippen LogP contribution in [0.5, 0.6) is 0 Å². The highest BCUT2D eigenvalue weighted by molar-refractivity contribution is 5.90. The van der Waals surface area contributed by atoms with Gasteiger partial charge in [0, 0.05) is 25.8 Å². The van der Waals surface area contributed by atoms with Gasteiger partial charge in [0.25, 0.3) is 0 Å². The number of ether oxygens (including phenoxy) is 1. The van der Waals surface area contributed by atoms with E-state index in [1.165, 1.54) is 0 Å². The Morgan fingerprint density at radius 1 is 0.873 bits per heavy atom. The zero-order chi connectivity index (χ0) is 38.1. The molecule has 4 N–H and O–H groups in total. The van der Waals surface area contributed by atoms with Crippen LogP contribution in [0.25, 0.3) is 44.4 Å². The second-order valence-corrected chi connectivity index (χ2v) is 14.0. The second kappa shape index (κ2) is 17.7. The molecule has 7 rings (SSSR count). The molecule has 3 heterocycles. The minimum atomic E-state index is -0.378. The van der Waals surface area contributed by atoms with Crippen molar-refractivity contribution in [3.63, 3.8) is 0 Å². The van der Waals surface area contributed by atoms with Crippen molar-refractivity contribution in [3.05, 3.63) is 121 Å². The molecule has 1 aliphatic rings. The number of aromatic nitrogens is 4. The minimum absolute atomic E-state index is 0.0156. The van der Waals surface area contributed by atoms with Crippen LogP contribution in [-0.4, -0.2) is 81.6 Å². The number of nitrogens with one attached hydrogen (secondary N) is 4. The first kappa shape index (κ1) is 37.7. The van der Waals surface area contributed by atoms with Crippen LogP contribution in [0, 0.1) is 0 Å². The maximum Gasteiger partial charge on any atom is 0.244 e. The lowest BCUT2D eigenvalue weighted by Gasteiger charge is -2.28. The van der Waals surface area contributed by atoms with Crippen LogP contribution in [0.4, 0.5) is 0 Å². The predicted octanol–water partition coefficient (Wildman–Crippen LogP) is 7.23. The summed E-state index contributed by atoms with van der Waals surface area (Å²) in [5, 5.41) is 8.66. The number of hydrogen-bond donors (Lipinski definition) is 4. The lowest BCUT2D eigenvalue weighted by molar-refractivity contribution is -0.134. The van der Waals surface area contributed by atoms with Crippen LogP contribution in [-0.2, 0) is 20.9 Å². The monoisotopic (exact) mass is 738 g/mol. The number of likely N-dealkylation sites (N-methyl/N-ethyl adjacent to an activating group) is 1. The number of benzene rings is 4. The molecule has 55 heavy (non-hydrogen) atoms. The van der Waals surface area contributed by atoms with Crippen LogP contribution >= 0.6 is 0 Å². The van der Waals surface area contributed by atoms with Gasteiger partial charge in [-0.2, -0.15) is 0 Å². The summed E-state index contributed by atoms with van der Waals surface area (Å²) in [6.07, 6.45) is 6.40. The number of carbonyl (C=O) groups excluding carboxylic acids is 2. The van der Waals surface area contributed by atoms with Crippen molar-refractivity contribution in [1.29, 1.82) is 0 Å². The van der Waals surface area contributed by atoms with Gasteiger partial charge < -0.3 is 29.8 Å². The van der Waals surface area contributed by atoms with E-state index in [0.717, 1.165) is 87.4 Å². The summed E-state index contributed by atoms with van der Waals surface area (Å²) in [4.78, 5) is 46.7. The number of likely N-dealkylation sites (tertiary alicyclic amines) is 1. The van der Waals surface area contributed by atoms with E-state index in [-0.39, 0.29) is 30.4 Å². The third kappa shape index (κ3) is 8.70. The van der Waals surface area contributed by atoms with Crippen molar-refractivity contribution < 1.29 is 14.3 Å². The molecule has 1 saturated heterocycles. The molecule has 4 aromatic carbocycles. The van der Waals surface area contributed by atoms with Crippen molar-refractivity contribution in [2.75, 3.05) is 40.0 Å². The second-order valence-electron chi connectivity index (χ2n) is 14.0. The van der Waals surface area contributed by atoms with Gasteiger partial charge in [0.1, 0.15) is 17.7 Å². The molecule has 1 aliphatic heterocycles. The maximum absolute atomic E-state index is 13.8. The van der Waals surface area contributed by atoms with E-state index in [1.807, 2.05) is 59.4 Å². The van der Waals surface area contributed by atoms with Gasteiger partial charge in [-0.05, 0) is 71.0 Å². The molecule has 0 saturated carbocycles. The van der Waals surface area contributed by atoms with Gasteiger partial charge in [0.05, 0.1) is 49.6 Å². The zero-order valence-electron chi connectivity index (χ0n) is 31.8. The number of methoxy groups -OCH3 is 1. The Kier molecular flexibility index (Phi) is 12.1. The molecule has 6 aromatic rings. The number of H-pyrrole nitrogens is 2. The summed E-state index contributed by atoms with van der Waals surface area (Å²) in [7, 11) is 1.60. The van der Waals surface area contributed by atoms with E-state index in [0.29, 0.717) is 26.4 Å². The van der Waals surface area contributed by atoms with Gasteiger partial charge in [-0.25, -0.2) is 9.97 Å². The van der Waals surface area contributed by atoms with Gasteiger partial charge in [-0.3, -0.25) is 14.9 Å². The number of imidazole rings is 2. The largest absolute Gasteiger partial charge is 0.370 e. The van der Waals surface area contributed by atoms with Crippen LogP contribution in [0.1, 0.15) is 62.4 Å². The Hall–Kier alpha value is -5.62. The molecule has 284 valence electrons. The molecule has 11 nitrogen and oxygen atoms in total. The Bertz CT molecular complexity index is 2200. The SMILES string of the molecule is CCCN(Cc1ncc(-c2ccc3cc(-c4ccc(-c5cnc(C6CCCN6C(=O)C(NCC)c6ccccc6)[nH]5)cc4)ccc3c2)[nH]1)C(=O)CNCOC. The molecule has 2 amide bonds. The van der Waals surface area contributed by atoms with Crippen molar-refractivity contribution in [3.8, 4) is 33.6 Å². The topological polar surface area (TPSA) is 131 Å². The Morgan fingerprint density at radius 3 is 2.31 bits per heavy atom. The normalized spacial score (nSPS) is 14.7. The molecule has 1 fully saturated rings. The lowest BCUT2D eigenvalue weighted by Crippen LogP contribution is -2.40. The van der Waals surface area contributed by atoms with Crippen molar-refractivity contribution in [1.82, 2.24) is 40.4 Å². The summed E-state index contributed by atoms with van der Waals surface area (Å²) in [5.74, 6) is 1.68. The summed E-state index contributed by atoms with van der Waals surface area (Å²) in [5.41, 5.74) is 7.17. The molecule has 2 unspecified atom stereocenters. The third-order valence-corrected chi connectivity index (χ3v) is 10.3. The number of hydrogen-bond acceptors (Lipinski definition) is 7. The number of rotatable bonds is 16. The smallest absolute Gasteiger partial charge is 0.244 e. The van der Waals surface area contributed by atoms with E-state index >= 15 is 0 Å². The van der Waals surface area contributed by atoms with E-state index in [2.05, 4.69) is 93.2 Å². The summed E-state index contributed by atoms with van der Waals surface area (Å²) in [6, 6.07) is 31.0. The standard InChI is InChI=1S/C44H50N8O3/c1-4-21-51(41(53)27-45-29-55-3)28-40-47-25-38(49-40)36-20-19-34-23-33(17-18-35(34)24-36)30-13-15-31(16-14-30)37-26-48-43(50-37)39-12-9-22-52(39)44(54)42(46-5-2)32-10-7-6-8-11-32/h6-8,10-11,13-20,23-26,39,42,45-46H,4-5,9,12,21-22,27-29H2,1-3H3,(H,47,49)(H,48,50). The molecule has 0 bridgehead atoms. The third-order valence-electron chi connectivity index (χ3n) is 10.3. The van der Waals surface area contributed by atoms with Crippen molar-refractivity contribution in [2.24, 2.45) is 0 Å². The quantitative estimate of drug-likeness (QED) is 0.0609. The molecule has 0 aliphatic carbocycles. The summed E-state index contributed by atoms with van der Waals surface area (Å²) >= 11 is 0. The Morgan fingerprint density at radius 2 is 1.56 bits per heavy atom. The van der Waals surface area contributed by atoms with Gasteiger partial charge in [0.15, 0.2) is 0 Å². The van der Waals surface area contributed by atoms with E-state index in [4.69, 9.17) is 9.72 Å². The fourth-order valence-electron chi connectivity index (χ4n) is 7.47. The number of fused-ring (bicyclic) bond motifs is 1.